The number of ether oxygens (including phenoxy) is 11. The summed E-state index contributed by atoms with van der Waals surface area (Å²) in [7, 11) is -3.82. The molecule has 5 aliphatic rings. The largest absolute Gasteiger partial charge is 0.586 e. The van der Waals surface area contributed by atoms with Crippen LogP contribution in [0.15, 0.2) is 108 Å². The van der Waals surface area contributed by atoms with Crippen molar-refractivity contribution in [1.29, 1.82) is 0 Å². The van der Waals surface area contributed by atoms with Crippen LogP contribution in [-0.2, 0) is 53.4 Å². The van der Waals surface area contributed by atoms with Gasteiger partial charge in [-0.3, -0.25) is 19.2 Å². The summed E-state index contributed by atoms with van der Waals surface area (Å²) in [5.74, 6) is -1.65. The maximum Gasteiger partial charge on any atom is 0.586 e. The second kappa shape index (κ2) is 30.5. The smallest absolute Gasteiger partial charge is 0.491 e. The lowest BCUT2D eigenvalue weighted by Crippen LogP contribution is -2.43. The van der Waals surface area contributed by atoms with Gasteiger partial charge in [-0.1, -0.05) is 30.3 Å². The number of carboxylic acid groups (broad SMARTS) is 1. The number of amides is 3. The van der Waals surface area contributed by atoms with Crippen molar-refractivity contribution >= 4 is 39.4 Å². The molecule has 4 heterocycles. The molecule has 2 fully saturated rings. The third-order valence-corrected chi connectivity index (χ3v) is 17.8. The molecule has 4 aliphatic heterocycles. The highest BCUT2D eigenvalue weighted by molar-refractivity contribution is 7.89. The number of anilines is 1. The van der Waals surface area contributed by atoms with Gasteiger partial charge in [-0.2, -0.15) is 13.1 Å². The quantitative estimate of drug-likeness (QED) is 0.0231. The summed E-state index contributed by atoms with van der Waals surface area (Å²) in [6.07, 6.45) is -2.05. The predicted molar refractivity (Wildman–Crippen MR) is 315 cm³/mol. The number of alkyl halides is 4. The summed E-state index contributed by atoms with van der Waals surface area (Å²) in [6.45, 7) is 2.04. The Morgan fingerprint density at radius 2 is 1.30 bits per heavy atom. The SMILES string of the molecule is O=C(O)CN1CNc2cc(S(=O)(=O)N3CCC(c4ccc(OCCOCCOCCOCCOCCOCCOCCNC(=O)c5ccc([C@H]6C[C@@H](NC(=O)C7(c8ccc9c(c8)OC(F)(F)O9)CC7)c7ccc(OC(F)F)cc7O6)cc5)cc4)CC3)ccc2C1=O. The van der Waals surface area contributed by atoms with Gasteiger partial charge in [0.2, 0.25) is 15.9 Å². The fourth-order valence-corrected chi connectivity index (χ4v) is 12.5. The van der Waals surface area contributed by atoms with E-state index in [1.54, 1.807) is 36.4 Å². The minimum atomic E-state index is -3.82. The molecule has 490 valence electrons. The normalized spacial score (nSPS) is 18.2. The summed E-state index contributed by atoms with van der Waals surface area (Å²) in [4.78, 5) is 52.0. The first kappa shape index (κ1) is 66.1. The van der Waals surface area contributed by atoms with Gasteiger partial charge in [0.1, 0.15) is 36.5 Å². The van der Waals surface area contributed by atoms with Gasteiger partial charge in [-0.25, -0.2) is 8.42 Å². The van der Waals surface area contributed by atoms with Gasteiger partial charge in [0.05, 0.1) is 108 Å². The first-order chi connectivity index (χ1) is 43.9. The van der Waals surface area contributed by atoms with Crippen LogP contribution in [0.1, 0.15) is 93.1 Å². The van der Waals surface area contributed by atoms with E-state index in [9.17, 15) is 45.2 Å². The van der Waals surface area contributed by atoms with Crippen LogP contribution >= 0.6 is 0 Å². The molecule has 1 aliphatic carbocycles. The number of piperidine rings is 1. The molecule has 1 saturated carbocycles. The van der Waals surface area contributed by atoms with Crippen molar-refractivity contribution < 1.29 is 102 Å². The highest BCUT2D eigenvalue weighted by Gasteiger charge is 2.53. The number of carbonyl (C=O) groups excluding carboxylic acids is 3. The van der Waals surface area contributed by atoms with Gasteiger partial charge in [0.15, 0.2) is 11.5 Å². The van der Waals surface area contributed by atoms with Crippen molar-refractivity contribution in [2.75, 3.05) is 124 Å². The molecule has 0 spiro atoms. The second-order valence-corrected chi connectivity index (χ2v) is 23.9. The predicted octanol–water partition coefficient (Wildman–Crippen LogP) is 7.41. The van der Waals surface area contributed by atoms with Crippen molar-refractivity contribution in [1.82, 2.24) is 19.8 Å². The van der Waals surface area contributed by atoms with Gasteiger partial charge >= 0.3 is 18.9 Å². The molecular formula is C63H71F4N5O18S. The van der Waals surface area contributed by atoms with Gasteiger partial charge in [-0.15, -0.1) is 8.78 Å². The number of halogens is 4. The molecule has 0 bridgehead atoms. The van der Waals surface area contributed by atoms with Crippen molar-refractivity contribution in [3.63, 3.8) is 0 Å². The average molecular weight is 1290 g/mol. The Bertz CT molecular complexity index is 3430. The molecule has 2 atom stereocenters. The molecule has 0 aromatic heterocycles. The van der Waals surface area contributed by atoms with Crippen molar-refractivity contribution in [3.05, 3.63) is 137 Å². The Kier molecular flexibility index (Phi) is 22.2. The lowest BCUT2D eigenvalue weighted by atomic mass is 9.90. The number of carboxylic acids is 1. The number of rotatable bonds is 34. The fourth-order valence-electron chi connectivity index (χ4n) is 11.0. The third-order valence-electron chi connectivity index (χ3n) is 15.9. The number of sulfonamides is 1. The Hall–Kier alpha value is -7.83. The maximum absolute atomic E-state index is 14.0. The zero-order chi connectivity index (χ0) is 64.0. The van der Waals surface area contributed by atoms with Crippen LogP contribution in [0.4, 0.5) is 23.2 Å². The number of aliphatic carboxylic acids is 1. The zero-order valence-corrected chi connectivity index (χ0v) is 50.4. The third kappa shape index (κ3) is 17.4. The van der Waals surface area contributed by atoms with Crippen molar-refractivity contribution in [2.45, 2.75) is 73.4 Å². The lowest BCUT2D eigenvalue weighted by Gasteiger charge is -2.34. The second-order valence-electron chi connectivity index (χ2n) is 21.9. The molecular weight excluding hydrogens is 1220 g/mol. The summed E-state index contributed by atoms with van der Waals surface area (Å²) in [6, 6.07) is 26.6. The van der Waals surface area contributed by atoms with Crippen LogP contribution in [0, 0.1) is 0 Å². The van der Waals surface area contributed by atoms with Crippen LogP contribution in [0.3, 0.4) is 0 Å². The molecule has 28 heteroatoms. The molecule has 91 heavy (non-hydrogen) atoms. The monoisotopic (exact) mass is 1290 g/mol. The Morgan fingerprint density at radius 1 is 0.692 bits per heavy atom. The van der Waals surface area contributed by atoms with E-state index in [4.69, 9.17) is 43.0 Å². The molecule has 1 saturated heterocycles. The van der Waals surface area contributed by atoms with E-state index in [1.807, 2.05) is 24.3 Å². The van der Waals surface area contributed by atoms with E-state index in [0.29, 0.717) is 152 Å². The van der Waals surface area contributed by atoms with Crippen LogP contribution in [0.2, 0.25) is 0 Å². The van der Waals surface area contributed by atoms with Gasteiger partial charge in [0, 0.05) is 48.9 Å². The van der Waals surface area contributed by atoms with Crippen LogP contribution in [0.25, 0.3) is 0 Å². The van der Waals surface area contributed by atoms with E-state index in [-0.39, 0.29) is 77.4 Å². The van der Waals surface area contributed by atoms with Gasteiger partial charge in [-0.05, 0) is 115 Å². The van der Waals surface area contributed by atoms with Crippen molar-refractivity contribution in [3.8, 4) is 28.7 Å². The molecule has 4 N–H and O–H groups in total. The fraction of sp³-hybridized carbons (Fsp3) is 0.460. The summed E-state index contributed by atoms with van der Waals surface area (Å²) in [5.41, 5.74) is 2.71. The van der Waals surface area contributed by atoms with E-state index in [0.717, 1.165) is 10.5 Å². The lowest BCUT2D eigenvalue weighted by molar-refractivity contribution is -0.286. The highest BCUT2D eigenvalue weighted by Crippen LogP contribution is 2.53. The van der Waals surface area contributed by atoms with E-state index < -0.39 is 58.9 Å². The topological polar surface area (TPSA) is 267 Å². The van der Waals surface area contributed by atoms with Crippen LogP contribution < -0.4 is 39.6 Å². The zero-order valence-electron chi connectivity index (χ0n) is 49.6. The summed E-state index contributed by atoms with van der Waals surface area (Å²) >= 11 is 0. The summed E-state index contributed by atoms with van der Waals surface area (Å²) < 4.78 is 142. The standard InChI is InChI=1S/C63H71F4N5O18S/c64-61(65)87-47-10-12-49-52(70-60(77)62(17-18-62)45-7-14-53-56(35-45)90-63(66,67)89-53)38-54(88-55(49)36-47)43-1-3-44(4-2-43)58(75)68-19-22-80-23-24-81-25-26-82-27-28-83-29-30-84-31-32-85-33-34-86-46-8-5-41(6-9-46)42-15-20-72(21-16-42)91(78,79)48-11-13-50-51(37-48)69-40-71(59(50)76)39-57(73)74/h1-14,35-37,42,52,54,61,69H,15-34,38-40H2,(H,68,75)(H,70,77)(H,73,74)/t52-,54-/m1/s1. The molecule has 23 nitrogen and oxygen atoms in total. The highest BCUT2D eigenvalue weighted by atomic mass is 32.2. The molecule has 0 radical (unpaired) electrons. The number of fused-ring (bicyclic) bond motifs is 3. The first-order valence-electron chi connectivity index (χ1n) is 29.9. The Balaban J connectivity index is 0.518. The van der Waals surface area contributed by atoms with Crippen LogP contribution in [0.5, 0.6) is 28.7 Å². The number of carbonyl (C=O) groups is 4. The number of nitrogens with zero attached hydrogens (tertiary/aromatic N) is 2. The first-order valence-corrected chi connectivity index (χ1v) is 31.3. The molecule has 5 aromatic carbocycles. The molecule has 10 rings (SSSR count). The minimum Gasteiger partial charge on any atom is -0.491 e. The Labute approximate surface area is 522 Å². The molecule has 5 aromatic rings. The van der Waals surface area contributed by atoms with E-state index in [1.165, 1.54) is 46.8 Å². The van der Waals surface area contributed by atoms with E-state index >= 15 is 0 Å². The summed E-state index contributed by atoms with van der Waals surface area (Å²) in [5, 5.41) is 17.9. The van der Waals surface area contributed by atoms with Crippen LogP contribution in [-0.4, -0.2) is 178 Å². The van der Waals surface area contributed by atoms with Gasteiger partial charge in [0.25, 0.3) is 11.8 Å². The Morgan fingerprint density at radius 3 is 1.92 bits per heavy atom. The van der Waals surface area contributed by atoms with Gasteiger partial charge < -0.3 is 78.1 Å². The molecule has 0 unspecified atom stereocenters. The number of benzene rings is 5. The minimum absolute atomic E-state index is 0.0343. The maximum atomic E-state index is 14.0. The molecule has 3 amide bonds. The van der Waals surface area contributed by atoms with E-state index in [2.05, 4.69) is 30.2 Å². The number of hydrogen-bond donors (Lipinski definition) is 4. The number of hydrogen-bond acceptors (Lipinski definition) is 18. The number of nitrogens with one attached hydrogen (secondary N) is 3. The van der Waals surface area contributed by atoms with Crippen molar-refractivity contribution in [2.24, 2.45) is 0 Å². The average Bonchev–Trinajstić information content (AvgIpc) is 2.08.